The summed E-state index contributed by atoms with van der Waals surface area (Å²) in [6, 6.07) is 13.1. The highest BCUT2D eigenvalue weighted by molar-refractivity contribution is 7.19. The molecular formula is C17H9Cl2NO2S. The van der Waals surface area contributed by atoms with Gasteiger partial charge in [0.2, 0.25) is 0 Å². The third-order valence-corrected chi connectivity index (χ3v) is 5.53. The molecule has 0 saturated carbocycles. The minimum atomic E-state index is -0.603. The van der Waals surface area contributed by atoms with E-state index >= 15 is 0 Å². The van der Waals surface area contributed by atoms with Crippen molar-refractivity contribution < 1.29 is 9.59 Å². The summed E-state index contributed by atoms with van der Waals surface area (Å²) in [4.78, 5) is 27.0. The molecule has 23 heavy (non-hydrogen) atoms. The number of nitrogens with zero attached hydrogens (tertiary/aromatic N) is 1. The first-order chi connectivity index (χ1) is 11.1. The van der Waals surface area contributed by atoms with Crippen LogP contribution >= 0.6 is 34.5 Å². The molecule has 0 spiro atoms. The number of amides is 1. The van der Waals surface area contributed by atoms with Crippen LogP contribution in [0.4, 0.5) is 5.69 Å². The third kappa shape index (κ3) is 2.26. The summed E-state index contributed by atoms with van der Waals surface area (Å²) in [5.41, 5.74) is 0.608. The van der Waals surface area contributed by atoms with Crippen molar-refractivity contribution in [2.75, 3.05) is 4.90 Å². The normalized spacial score (nSPS) is 13.9. The van der Waals surface area contributed by atoms with Crippen molar-refractivity contribution in [1.29, 1.82) is 0 Å². The highest BCUT2D eigenvalue weighted by atomic mass is 35.5. The second-order valence-electron chi connectivity index (χ2n) is 5.22. The molecule has 2 heterocycles. The number of rotatable bonds is 2. The van der Waals surface area contributed by atoms with E-state index in [-0.39, 0.29) is 10.6 Å². The van der Waals surface area contributed by atoms with Crippen molar-refractivity contribution >= 4 is 62.0 Å². The number of fused-ring (bicyclic) bond motifs is 2. The third-order valence-electron chi connectivity index (χ3n) is 3.80. The van der Waals surface area contributed by atoms with E-state index in [2.05, 4.69) is 0 Å². The van der Waals surface area contributed by atoms with Gasteiger partial charge in [-0.15, -0.1) is 11.3 Å². The van der Waals surface area contributed by atoms with Crippen LogP contribution in [0.5, 0.6) is 0 Å². The van der Waals surface area contributed by atoms with Crippen LogP contribution in [0.25, 0.3) is 10.1 Å². The topological polar surface area (TPSA) is 37.4 Å². The van der Waals surface area contributed by atoms with Gasteiger partial charge in [-0.3, -0.25) is 14.5 Å². The fraction of sp³-hybridized carbons (Fsp3) is 0.0588. The highest BCUT2D eigenvalue weighted by Gasteiger charge is 2.39. The lowest BCUT2D eigenvalue weighted by molar-refractivity contribution is -0.114. The molecule has 0 atom stereocenters. The summed E-state index contributed by atoms with van der Waals surface area (Å²) in [7, 11) is 0. The molecule has 1 aromatic heterocycles. The maximum atomic E-state index is 12.3. The highest BCUT2D eigenvalue weighted by Crippen LogP contribution is 2.41. The molecule has 0 N–H and O–H groups in total. The Morgan fingerprint density at radius 2 is 1.74 bits per heavy atom. The van der Waals surface area contributed by atoms with Gasteiger partial charge in [-0.2, -0.15) is 0 Å². The molecule has 0 aliphatic carbocycles. The molecule has 0 fully saturated rings. The Bertz CT molecular complexity index is 947. The van der Waals surface area contributed by atoms with Gasteiger partial charge < -0.3 is 0 Å². The van der Waals surface area contributed by atoms with Gasteiger partial charge in [-0.25, -0.2) is 0 Å². The van der Waals surface area contributed by atoms with Crippen LogP contribution in [0.15, 0.2) is 42.5 Å². The van der Waals surface area contributed by atoms with Crippen LogP contribution in [0.3, 0.4) is 0 Å². The van der Waals surface area contributed by atoms with E-state index in [1.165, 1.54) is 11.0 Å². The van der Waals surface area contributed by atoms with Gasteiger partial charge >= 0.3 is 0 Å². The Hall–Kier alpha value is -1.88. The van der Waals surface area contributed by atoms with E-state index in [9.17, 15) is 9.59 Å². The summed E-state index contributed by atoms with van der Waals surface area (Å²) in [6.07, 6.45) is 0. The summed E-state index contributed by atoms with van der Waals surface area (Å²) in [5, 5.41) is 1.72. The van der Waals surface area contributed by atoms with E-state index in [0.717, 1.165) is 15.0 Å². The van der Waals surface area contributed by atoms with Crippen molar-refractivity contribution in [1.82, 2.24) is 0 Å². The lowest BCUT2D eigenvalue weighted by Crippen LogP contribution is -2.28. The van der Waals surface area contributed by atoms with E-state index < -0.39 is 11.7 Å². The maximum absolute atomic E-state index is 12.3. The van der Waals surface area contributed by atoms with Gasteiger partial charge in [0.1, 0.15) is 0 Å². The number of thiophene rings is 1. The zero-order valence-electron chi connectivity index (χ0n) is 11.7. The van der Waals surface area contributed by atoms with Gasteiger partial charge in [-0.1, -0.05) is 41.4 Å². The number of halogens is 2. The molecule has 114 valence electrons. The summed E-state index contributed by atoms with van der Waals surface area (Å²) >= 11 is 13.9. The Morgan fingerprint density at radius 1 is 1.00 bits per heavy atom. The smallest absolute Gasteiger partial charge is 0.298 e. The largest absolute Gasteiger partial charge is 0.299 e. The molecule has 2 aromatic carbocycles. The van der Waals surface area contributed by atoms with Gasteiger partial charge in [0.05, 0.1) is 27.8 Å². The maximum Gasteiger partial charge on any atom is 0.299 e. The van der Waals surface area contributed by atoms with Crippen LogP contribution < -0.4 is 4.90 Å². The molecule has 0 bridgehead atoms. The zero-order valence-corrected chi connectivity index (χ0v) is 14.0. The monoisotopic (exact) mass is 361 g/mol. The first-order valence-corrected chi connectivity index (χ1v) is 8.45. The number of benzene rings is 2. The molecule has 4 rings (SSSR count). The van der Waals surface area contributed by atoms with Gasteiger partial charge in [0.15, 0.2) is 0 Å². The van der Waals surface area contributed by atoms with Crippen LogP contribution in [0.2, 0.25) is 10.0 Å². The van der Waals surface area contributed by atoms with E-state index in [1.54, 1.807) is 17.4 Å². The fourth-order valence-corrected chi connectivity index (χ4v) is 4.32. The second-order valence-corrected chi connectivity index (χ2v) is 7.21. The quantitative estimate of drug-likeness (QED) is 0.606. The predicted octanol–water partition coefficient (Wildman–Crippen LogP) is 4.94. The number of carbonyl (C=O) groups is 2. The minimum absolute atomic E-state index is 0.199. The van der Waals surface area contributed by atoms with Crippen LogP contribution in [-0.4, -0.2) is 11.7 Å². The predicted molar refractivity (Wildman–Crippen MR) is 93.8 cm³/mol. The number of ketones is 1. The molecule has 0 unspecified atom stereocenters. The molecule has 0 saturated heterocycles. The Morgan fingerprint density at radius 3 is 2.52 bits per heavy atom. The average molecular weight is 362 g/mol. The first kappa shape index (κ1) is 14.7. The number of Topliss-reactive ketones (excluding diaryl/α,β-unsaturated/α-hetero) is 1. The van der Waals surface area contributed by atoms with Crippen molar-refractivity contribution in [2.45, 2.75) is 6.54 Å². The van der Waals surface area contributed by atoms with Crippen molar-refractivity contribution in [2.24, 2.45) is 0 Å². The lowest BCUT2D eigenvalue weighted by Gasteiger charge is -2.16. The lowest BCUT2D eigenvalue weighted by atomic mass is 10.1. The summed E-state index contributed by atoms with van der Waals surface area (Å²) in [5.74, 6) is -1.19. The molecule has 0 radical (unpaired) electrons. The van der Waals surface area contributed by atoms with Crippen molar-refractivity contribution in [3.63, 3.8) is 0 Å². The Balaban J connectivity index is 1.80. The zero-order chi connectivity index (χ0) is 16.1. The van der Waals surface area contributed by atoms with Crippen molar-refractivity contribution in [3.05, 3.63) is 63.0 Å². The van der Waals surface area contributed by atoms with Gasteiger partial charge in [0.25, 0.3) is 11.7 Å². The van der Waals surface area contributed by atoms with Crippen LogP contribution in [-0.2, 0) is 11.3 Å². The number of hydrogen-bond donors (Lipinski definition) is 0. The Kier molecular flexibility index (Phi) is 3.41. The molecule has 3 aromatic rings. The second kappa shape index (κ2) is 5.34. The van der Waals surface area contributed by atoms with E-state index in [1.807, 2.05) is 30.3 Å². The molecule has 1 amide bonds. The SMILES string of the molecule is O=C1C(=O)N(Cc2cc3ccccc3s2)c2c(Cl)ccc(Cl)c21. The molecule has 3 nitrogen and oxygen atoms in total. The van der Waals surface area contributed by atoms with Gasteiger partial charge in [-0.05, 0) is 29.7 Å². The Labute approximate surface area is 146 Å². The van der Waals surface area contributed by atoms with E-state index in [0.29, 0.717) is 17.3 Å². The number of carbonyl (C=O) groups excluding carboxylic acids is 2. The molecule has 6 heteroatoms. The van der Waals surface area contributed by atoms with E-state index in [4.69, 9.17) is 23.2 Å². The molecular weight excluding hydrogens is 353 g/mol. The standard InChI is InChI=1S/C17H9Cl2NO2S/c18-11-5-6-12(19)15-14(11)16(21)17(22)20(15)8-10-7-9-3-1-2-4-13(9)23-10/h1-7H,8H2. The number of anilines is 1. The molecule has 1 aliphatic heterocycles. The first-order valence-electron chi connectivity index (χ1n) is 6.88. The van der Waals surface area contributed by atoms with Gasteiger partial charge in [0, 0.05) is 9.58 Å². The van der Waals surface area contributed by atoms with Crippen LogP contribution in [0, 0.1) is 0 Å². The summed E-state index contributed by atoms with van der Waals surface area (Å²) in [6.45, 7) is 0.303. The van der Waals surface area contributed by atoms with Crippen LogP contribution in [0.1, 0.15) is 15.2 Å². The van der Waals surface area contributed by atoms with Crippen molar-refractivity contribution in [3.8, 4) is 0 Å². The molecule has 1 aliphatic rings. The summed E-state index contributed by atoms with van der Waals surface area (Å²) < 4.78 is 1.14. The fourth-order valence-electron chi connectivity index (χ4n) is 2.77. The number of hydrogen-bond acceptors (Lipinski definition) is 3. The average Bonchev–Trinajstić information content (AvgIpc) is 3.06. The minimum Gasteiger partial charge on any atom is -0.298 e.